The highest BCUT2D eigenvalue weighted by Gasteiger charge is 2.59. The first-order chi connectivity index (χ1) is 13.5. The van der Waals surface area contributed by atoms with Crippen LogP contribution in [0.1, 0.15) is 24.0 Å². The van der Waals surface area contributed by atoms with Crippen LogP contribution in [-0.2, 0) is 15.1 Å². The molecular formula is C21H24ClN3O4. The van der Waals surface area contributed by atoms with E-state index in [0.29, 0.717) is 37.1 Å². The lowest BCUT2D eigenvalue weighted by Gasteiger charge is -2.36. The quantitative estimate of drug-likeness (QED) is 0.507. The minimum Gasteiger partial charge on any atom is -0.480 e. The number of aliphatic carboxylic acids is 1. The highest BCUT2D eigenvalue weighted by Crippen LogP contribution is 2.43. The Hall–Kier alpha value is -2.90. The van der Waals surface area contributed by atoms with Gasteiger partial charge in [-0.15, -0.1) is 12.4 Å². The molecule has 7 nitrogen and oxygen atoms in total. The maximum Gasteiger partial charge on any atom is 0.328 e. The molecule has 0 bridgehead atoms. The van der Waals surface area contributed by atoms with Crippen LogP contribution in [0.4, 0.5) is 4.79 Å². The second-order valence-corrected chi connectivity index (χ2v) is 6.66. The number of carbonyl (C=O) groups excluding carboxylic acids is 2. The molecule has 2 aromatic carbocycles. The smallest absolute Gasteiger partial charge is 0.328 e. The van der Waals surface area contributed by atoms with Crippen molar-refractivity contribution in [1.29, 1.82) is 0 Å². The molecule has 0 radical (unpaired) electrons. The van der Waals surface area contributed by atoms with Crippen LogP contribution in [0.5, 0.6) is 0 Å². The third-order valence-corrected chi connectivity index (χ3v) is 4.93. The highest BCUT2D eigenvalue weighted by molar-refractivity contribution is 6.11. The fourth-order valence-electron chi connectivity index (χ4n) is 3.72. The van der Waals surface area contributed by atoms with E-state index in [2.05, 4.69) is 0 Å². The van der Waals surface area contributed by atoms with E-state index in [-0.39, 0.29) is 12.4 Å². The maximum atomic E-state index is 13.6. The average Bonchev–Trinajstić information content (AvgIpc) is 2.91. The summed E-state index contributed by atoms with van der Waals surface area (Å²) in [7, 11) is 0. The summed E-state index contributed by atoms with van der Waals surface area (Å²) in [5.41, 5.74) is 5.45. The predicted octanol–water partition coefficient (Wildman–Crippen LogP) is 2.44. The van der Waals surface area contributed by atoms with Crippen LogP contribution >= 0.6 is 12.4 Å². The Morgan fingerprint density at radius 3 is 1.90 bits per heavy atom. The van der Waals surface area contributed by atoms with Crippen LogP contribution in [0.15, 0.2) is 60.7 Å². The van der Waals surface area contributed by atoms with Crippen LogP contribution in [0, 0.1) is 0 Å². The number of nitrogens with zero attached hydrogens (tertiary/aromatic N) is 2. The van der Waals surface area contributed by atoms with Crippen molar-refractivity contribution in [1.82, 2.24) is 9.80 Å². The van der Waals surface area contributed by atoms with Gasteiger partial charge in [0.1, 0.15) is 6.54 Å². The third-order valence-electron chi connectivity index (χ3n) is 4.93. The monoisotopic (exact) mass is 417 g/mol. The minimum atomic E-state index is -1.40. The molecule has 0 unspecified atom stereocenters. The largest absolute Gasteiger partial charge is 0.480 e. The molecule has 3 N–H and O–H groups in total. The van der Waals surface area contributed by atoms with Crippen molar-refractivity contribution in [3.63, 3.8) is 0 Å². The lowest BCUT2D eigenvalue weighted by molar-refractivity contribution is -0.142. The van der Waals surface area contributed by atoms with E-state index in [4.69, 9.17) is 5.73 Å². The molecule has 3 amide bonds. The zero-order valence-corrected chi connectivity index (χ0v) is 16.7. The number of rotatable bonds is 8. The Morgan fingerprint density at radius 1 is 0.931 bits per heavy atom. The minimum absolute atomic E-state index is 0. The molecule has 2 aromatic rings. The molecule has 0 aromatic heterocycles. The van der Waals surface area contributed by atoms with Gasteiger partial charge in [-0.25, -0.2) is 4.79 Å². The number of unbranched alkanes of at least 4 members (excludes halogenated alkanes) is 1. The van der Waals surface area contributed by atoms with Gasteiger partial charge in [0.25, 0.3) is 5.91 Å². The molecule has 1 heterocycles. The third kappa shape index (κ3) is 3.97. The predicted molar refractivity (Wildman–Crippen MR) is 111 cm³/mol. The van der Waals surface area contributed by atoms with Gasteiger partial charge in [-0.2, -0.15) is 0 Å². The first kappa shape index (κ1) is 22.4. The van der Waals surface area contributed by atoms with Crippen LogP contribution in [0.3, 0.4) is 0 Å². The van der Waals surface area contributed by atoms with E-state index in [9.17, 15) is 19.5 Å². The Morgan fingerprint density at radius 2 is 1.45 bits per heavy atom. The summed E-state index contributed by atoms with van der Waals surface area (Å²) in [6, 6.07) is 17.4. The van der Waals surface area contributed by atoms with Crippen LogP contribution in [0.25, 0.3) is 0 Å². The fourth-order valence-corrected chi connectivity index (χ4v) is 3.72. The van der Waals surface area contributed by atoms with Crippen molar-refractivity contribution in [3.8, 4) is 0 Å². The van der Waals surface area contributed by atoms with Crippen LogP contribution in [-0.4, -0.2) is 52.4 Å². The number of carbonyl (C=O) groups is 3. The number of nitrogens with two attached hydrogens (primary N) is 1. The van der Waals surface area contributed by atoms with Gasteiger partial charge in [-0.05, 0) is 30.5 Å². The van der Waals surface area contributed by atoms with Crippen molar-refractivity contribution in [2.24, 2.45) is 5.73 Å². The summed E-state index contributed by atoms with van der Waals surface area (Å²) < 4.78 is 0. The van der Waals surface area contributed by atoms with Crippen LogP contribution in [0.2, 0.25) is 0 Å². The van der Waals surface area contributed by atoms with Crippen molar-refractivity contribution in [2.45, 2.75) is 18.4 Å². The summed E-state index contributed by atoms with van der Waals surface area (Å²) in [5, 5.41) is 9.24. The van der Waals surface area contributed by atoms with Crippen molar-refractivity contribution < 1.29 is 19.5 Å². The number of halogens is 1. The zero-order chi connectivity index (χ0) is 20.1. The van der Waals surface area contributed by atoms with E-state index >= 15 is 0 Å². The number of imide groups is 1. The molecule has 8 heteroatoms. The molecule has 29 heavy (non-hydrogen) atoms. The number of urea groups is 1. The van der Waals surface area contributed by atoms with Gasteiger partial charge in [0.2, 0.25) is 0 Å². The number of benzene rings is 2. The van der Waals surface area contributed by atoms with E-state index in [1.165, 1.54) is 4.90 Å². The summed E-state index contributed by atoms with van der Waals surface area (Å²) in [4.78, 5) is 40.4. The molecule has 3 rings (SSSR count). The first-order valence-corrected chi connectivity index (χ1v) is 9.20. The standard InChI is InChI=1S/C21H23N3O4.ClH/c22-13-7-8-14-24-20(28)23(15-18(25)26)19(27)21(24,16-9-3-1-4-10-16)17-11-5-2-6-12-17;/h1-6,9-12H,7-8,13-15,22H2,(H,25,26);1H. The summed E-state index contributed by atoms with van der Waals surface area (Å²) in [6.45, 7) is 0.0899. The molecule has 1 aliphatic heterocycles. The Kier molecular flexibility index (Phi) is 7.36. The van der Waals surface area contributed by atoms with Gasteiger partial charge < -0.3 is 15.7 Å². The van der Waals surface area contributed by atoms with Gasteiger partial charge in [0.15, 0.2) is 5.54 Å². The highest BCUT2D eigenvalue weighted by atomic mass is 35.5. The normalized spacial score (nSPS) is 15.3. The molecule has 1 aliphatic rings. The van der Waals surface area contributed by atoms with Gasteiger partial charge in [-0.3, -0.25) is 14.5 Å². The Balaban J connectivity index is 0.00000300. The molecule has 1 saturated heterocycles. The molecular weight excluding hydrogens is 394 g/mol. The van der Waals surface area contributed by atoms with Gasteiger partial charge in [0, 0.05) is 6.54 Å². The Labute approximate surface area is 175 Å². The number of amides is 3. The number of carboxylic acid groups (broad SMARTS) is 1. The van der Waals surface area contributed by atoms with E-state index in [1.54, 1.807) is 48.5 Å². The van der Waals surface area contributed by atoms with Crippen molar-refractivity contribution in [2.75, 3.05) is 19.6 Å². The molecule has 0 atom stereocenters. The van der Waals surface area contributed by atoms with Gasteiger partial charge in [-0.1, -0.05) is 60.7 Å². The molecule has 154 valence electrons. The lowest BCUT2D eigenvalue weighted by atomic mass is 9.81. The topological polar surface area (TPSA) is 104 Å². The molecule has 1 fully saturated rings. The Bertz CT molecular complexity index is 821. The summed E-state index contributed by atoms with van der Waals surface area (Å²) in [6.07, 6.45) is 1.30. The summed E-state index contributed by atoms with van der Waals surface area (Å²) >= 11 is 0. The van der Waals surface area contributed by atoms with E-state index in [1.807, 2.05) is 12.1 Å². The van der Waals surface area contributed by atoms with Crippen molar-refractivity contribution in [3.05, 3.63) is 71.8 Å². The number of hydrogen-bond acceptors (Lipinski definition) is 4. The second-order valence-electron chi connectivity index (χ2n) is 6.66. The average molecular weight is 418 g/mol. The fraction of sp³-hybridized carbons (Fsp3) is 0.286. The summed E-state index contributed by atoms with van der Waals surface area (Å²) in [5.74, 6) is -1.79. The van der Waals surface area contributed by atoms with Gasteiger partial charge >= 0.3 is 12.0 Å². The second kappa shape index (κ2) is 9.54. The number of hydrogen-bond donors (Lipinski definition) is 2. The van der Waals surface area contributed by atoms with Gasteiger partial charge in [0.05, 0.1) is 0 Å². The van der Waals surface area contributed by atoms with Crippen molar-refractivity contribution >= 4 is 30.3 Å². The lowest BCUT2D eigenvalue weighted by Crippen LogP contribution is -2.48. The molecule has 0 spiro atoms. The maximum absolute atomic E-state index is 13.6. The SMILES string of the molecule is Cl.NCCCCN1C(=O)N(CC(=O)O)C(=O)C1(c1ccccc1)c1ccccc1. The number of carboxylic acids is 1. The first-order valence-electron chi connectivity index (χ1n) is 9.20. The molecule has 0 aliphatic carbocycles. The van der Waals surface area contributed by atoms with E-state index in [0.717, 1.165) is 4.90 Å². The molecule has 0 saturated carbocycles. The van der Waals surface area contributed by atoms with E-state index < -0.39 is 30.0 Å². The van der Waals surface area contributed by atoms with Crippen LogP contribution < -0.4 is 5.73 Å². The zero-order valence-electron chi connectivity index (χ0n) is 15.9.